The maximum absolute atomic E-state index is 12.5. The zero-order valence-electron chi connectivity index (χ0n) is 9.63. The van der Waals surface area contributed by atoms with Gasteiger partial charge in [-0.25, -0.2) is 0 Å². The van der Waals surface area contributed by atoms with Crippen molar-refractivity contribution in [1.29, 1.82) is 0 Å². The molecule has 0 amide bonds. The van der Waals surface area contributed by atoms with Crippen molar-refractivity contribution in [3.05, 3.63) is 53.1 Å². The van der Waals surface area contributed by atoms with Gasteiger partial charge in [-0.05, 0) is 30.3 Å². The van der Waals surface area contributed by atoms with Gasteiger partial charge in [-0.15, -0.1) is 0 Å². The molecule has 0 fully saturated rings. The summed E-state index contributed by atoms with van der Waals surface area (Å²) in [5.41, 5.74) is 5.79. The van der Waals surface area contributed by atoms with Gasteiger partial charge in [0.05, 0.1) is 27.6 Å². The molecule has 6 heteroatoms. The standard InChI is InChI=1S/C13H10ClF3N2/c14-9-3-1-2-4-11(9)19-12-6-5-8(7-10(12)18)13(15,16)17/h1-7,19H,18H2. The third-order valence-corrected chi connectivity index (χ3v) is 2.85. The molecule has 0 bridgehead atoms. The minimum Gasteiger partial charge on any atom is -0.397 e. The summed E-state index contributed by atoms with van der Waals surface area (Å²) in [5.74, 6) is 0. The Morgan fingerprint density at radius 1 is 1.00 bits per heavy atom. The van der Waals surface area contributed by atoms with Crippen molar-refractivity contribution in [2.45, 2.75) is 6.18 Å². The summed E-state index contributed by atoms with van der Waals surface area (Å²) in [4.78, 5) is 0. The van der Waals surface area contributed by atoms with E-state index in [1.165, 1.54) is 6.07 Å². The second-order valence-electron chi connectivity index (χ2n) is 3.90. The monoisotopic (exact) mass is 286 g/mol. The van der Waals surface area contributed by atoms with E-state index >= 15 is 0 Å². The summed E-state index contributed by atoms with van der Waals surface area (Å²) in [7, 11) is 0. The quantitative estimate of drug-likeness (QED) is 0.786. The Kier molecular flexibility index (Phi) is 3.57. The average molecular weight is 287 g/mol. The molecule has 2 nitrogen and oxygen atoms in total. The number of nitrogens with one attached hydrogen (secondary N) is 1. The van der Waals surface area contributed by atoms with Crippen LogP contribution >= 0.6 is 11.6 Å². The molecule has 100 valence electrons. The third-order valence-electron chi connectivity index (χ3n) is 2.52. The van der Waals surface area contributed by atoms with Crippen LogP contribution in [0.1, 0.15) is 5.56 Å². The van der Waals surface area contributed by atoms with E-state index in [1.807, 2.05) is 0 Å². The number of halogens is 4. The summed E-state index contributed by atoms with van der Waals surface area (Å²) >= 11 is 5.95. The van der Waals surface area contributed by atoms with Crippen molar-refractivity contribution in [2.24, 2.45) is 0 Å². The lowest BCUT2D eigenvalue weighted by Crippen LogP contribution is -2.06. The molecule has 2 rings (SSSR count). The molecule has 0 unspecified atom stereocenters. The Morgan fingerprint density at radius 2 is 1.68 bits per heavy atom. The molecule has 0 saturated carbocycles. The van der Waals surface area contributed by atoms with Crippen LogP contribution in [0.2, 0.25) is 5.02 Å². The van der Waals surface area contributed by atoms with E-state index in [4.69, 9.17) is 17.3 Å². The normalized spacial score (nSPS) is 11.4. The lowest BCUT2D eigenvalue weighted by atomic mass is 10.1. The van der Waals surface area contributed by atoms with Crippen molar-refractivity contribution in [2.75, 3.05) is 11.1 Å². The molecule has 19 heavy (non-hydrogen) atoms. The fourth-order valence-corrected chi connectivity index (χ4v) is 1.74. The zero-order valence-corrected chi connectivity index (χ0v) is 10.4. The maximum Gasteiger partial charge on any atom is 0.416 e. The minimum atomic E-state index is -4.41. The summed E-state index contributed by atoms with van der Waals surface area (Å²) in [6, 6.07) is 10.0. The van der Waals surface area contributed by atoms with Crippen molar-refractivity contribution < 1.29 is 13.2 Å². The number of benzene rings is 2. The molecule has 0 radical (unpaired) electrons. The van der Waals surface area contributed by atoms with Crippen molar-refractivity contribution in [1.82, 2.24) is 0 Å². The van der Waals surface area contributed by atoms with E-state index in [-0.39, 0.29) is 5.69 Å². The van der Waals surface area contributed by atoms with E-state index in [0.29, 0.717) is 16.4 Å². The van der Waals surface area contributed by atoms with Crippen molar-refractivity contribution in [3.63, 3.8) is 0 Å². The average Bonchev–Trinajstić information content (AvgIpc) is 2.33. The van der Waals surface area contributed by atoms with Crippen LogP contribution in [0.3, 0.4) is 0 Å². The number of para-hydroxylation sites is 1. The van der Waals surface area contributed by atoms with Gasteiger partial charge in [0, 0.05) is 0 Å². The minimum absolute atomic E-state index is 0.00902. The number of hydrogen-bond acceptors (Lipinski definition) is 2. The predicted octanol–water partition coefficient (Wildman–Crippen LogP) is 4.68. The first-order valence-electron chi connectivity index (χ1n) is 5.36. The van der Waals surface area contributed by atoms with Crippen LogP contribution < -0.4 is 11.1 Å². The molecule has 0 heterocycles. The predicted molar refractivity (Wildman–Crippen MR) is 70.6 cm³/mol. The number of nitrogen functional groups attached to an aromatic ring is 1. The van der Waals surface area contributed by atoms with Crippen molar-refractivity contribution >= 4 is 28.7 Å². The Labute approximate surface area is 113 Å². The maximum atomic E-state index is 12.5. The molecular weight excluding hydrogens is 277 g/mol. The van der Waals surface area contributed by atoms with Gasteiger partial charge in [0.15, 0.2) is 0 Å². The topological polar surface area (TPSA) is 38.0 Å². The van der Waals surface area contributed by atoms with Crippen LogP contribution in [0.4, 0.5) is 30.2 Å². The van der Waals surface area contributed by atoms with E-state index in [2.05, 4.69) is 5.32 Å². The summed E-state index contributed by atoms with van der Waals surface area (Å²) in [6.45, 7) is 0. The zero-order chi connectivity index (χ0) is 14.0. The van der Waals surface area contributed by atoms with Crippen LogP contribution in [-0.2, 0) is 6.18 Å². The largest absolute Gasteiger partial charge is 0.416 e. The van der Waals surface area contributed by atoms with Gasteiger partial charge in [-0.1, -0.05) is 23.7 Å². The number of rotatable bonds is 2. The Hall–Kier alpha value is -1.88. The van der Waals surface area contributed by atoms with Gasteiger partial charge in [0.25, 0.3) is 0 Å². The number of alkyl halides is 3. The third kappa shape index (κ3) is 3.12. The molecule has 0 aliphatic heterocycles. The highest BCUT2D eigenvalue weighted by atomic mass is 35.5. The first-order chi connectivity index (χ1) is 8.88. The molecule has 0 aliphatic carbocycles. The van der Waals surface area contributed by atoms with Crippen molar-refractivity contribution in [3.8, 4) is 0 Å². The first-order valence-corrected chi connectivity index (χ1v) is 5.74. The van der Waals surface area contributed by atoms with Gasteiger partial charge in [-0.2, -0.15) is 13.2 Å². The van der Waals surface area contributed by atoms with E-state index in [9.17, 15) is 13.2 Å². The summed E-state index contributed by atoms with van der Waals surface area (Å²) in [6.07, 6.45) is -4.41. The molecule has 0 saturated heterocycles. The lowest BCUT2D eigenvalue weighted by Gasteiger charge is -2.13. The molecule has 0 aliphatic rings. The Bertz CT molecular complexity index is 597. The SMILES string of the molecule is Nc1cc(C(F)(F)F)ccc1Nc1ccccc1Cl. The molecule has 0 atom stereocenters. The highest BCUT2D eigenvalue weighted by molar-refractivity contribution is 6.33. The van der Waals surface area contributed by atoms with Crippen LogP contribution in [-0.4, -0.2) is 0 Å². The second-order valence-corrected chi connectivity index (χ2v) is 4.31. The van der Waals surface area contributed by atoms with E-state index in [1.54, 1.807) is 24.3 Å². The van der Waals surface area contributed by atoms with Gasteiger partial charge < -0.3 is 11.1 Å². The highest BCUT2D eigenvalue weighted by Gasteiger charge is 2.30. The second kappa shape index (κ2) is 5.01. The van der Waals surface area contributed by atoms with Crippen LogP contribution in [0.25, 0.3) is 0 Å². The van der Waals surface area contributed by atoms with Crippen LogP contribution in [0, 0.1) is 0 Å². The summed E-state index contributed by atoms with van der Waals surface area (Å²) < 4.78 is 37.5. The fourth-order valence-electron chi connectivity index (χ4n) is 1.56. The van der Waals surface area contributed by atoms with E-state index in [0.717, 1.165) is 12.1 Å². The smallest absolute Gasteiger partial charge is 0.397 e. The number of anilines is 3. The van der Waals surface area contributed by atoms with Gasteiger partial charge in [0.1, 0.15) is 0 Å². The molecule has 2 aromatic carbocycles. The Balaban J connectivity index is 2.30. The van der Waals surface area contributed by atoms with Gasteiger partial charge in [0.2, 0.25) is 0 Å². The Morgan fingerprint density at radius 3 is 2.26 bits per heavy atom. The van der Waals surface area contributed by atoms with Gasteiger partial charge in [-0.3, -0.25) is 0 Å². The molecule has 0 spiro atoms. The van der Waals surface area contributed by atoms with Crippen LogP contribution in [0.5, 0.6) is 0 Å². The highest BCUT2D eigenvalue weighted by Crippen LogP contribution is 2.34. The fraction of sp³-hybridized carbons (Fsp3) is 0.0769. The first kappa shape index (κ1) is 13.5. The summed E-state index contributed by atoms with van der Waals surface area (Å²) in [5, 5.41) is 3.35. The van der Waals surface area contributed by atoms with E-state index < -0.39 is 11.7 Å². The number of hydrogen-bond donors (Lipinski definition) is 2. The van der Waals surface area contributed by atoms with Gasteiger partial charge >= 0.3 is 6.18 Å². The molecule has 0 aromatic heterocycles. The lowest BCUT2D eigenvalue weighted by molar-refractivity contribution is -0.137. The molecular formula is C13H10ClF3N2. The number of nitrogens with two attached hydrogens (primary N) is 1. The molecule has 2 aromatic rings. The van der Waals surface area contributed by atoms with Crippen LogP contribution in [0.15, 0.2) is 42.5 Å². The molecule has 3 N–H and O–H groups in total.